The van der Waals surface area contributed by atoms with Gasteiger partial charge in [-0.05, 0) is 56.9 Å². The van der Waals surface area contributed by atoms with E-state index in [0.717, 1.165) is 52.2 Å². The number of alkyl halides is 1. The molecule has 2 amide bonds. The van der Waals surface area contributed by atoms with Gasteiger partial charge in [-0.2, -0.15) is 0 Å². The van der Waals surface area contributed by atoms with Crippen molar-refractivity contribution in [2.24, 2.45) is 0 Å². The van der Waals surface area contributed by atoms with Gasteiger partial charge < -0.3 is 10.2 Å². The first-order valence-electron chi connectivity index (χ1n) is 10.6. The first-order valence-corrected chi connectivity index (χ1v) is 11.4. The molecule has 0 radical (unpaired) electrons. The van der Waals surface area contributed by atoms with E-state index in [2.05, 4.69) is 31.0 Å². The van der Waals surface area contributed by atoms with E-state index in [1.807, 2.05) is 36.1 Å². The molecular formula is C21H24FN7OS. The Bertz CT molecular complexity index is 1090. The molecule has 2 bridgehead atoms. The molecule has 0 spiro atoms. The molecule has 2 aliphatic rings. The minimum Gasteiger partial charge on any atom is -0.318 e. The number of halogens is 1. The number of urea groups is 1. The second-order valence-electron chi connectivity index (χ2n) is 8.16. The molecule has 2 aromatic heterocycles. The summed E-state index contributed by atoms with van der Waals surface area (Å²) in [5, 5.41) is 25.6. The molecule has 0 aliphatic carbocycles. The number of fused-ring (bicyclic) bond motifs is 3. The summed E-state index contributed by atoms with van der Waals surface area (Å²) in [6, 6.07) is 8.18. The Morgan fingerprint density at radius 3 is 2.68 bits per heavy atom. The van der Waals surface area contributed by atoms with Crippen molar-refractivity contribution >= 4 is 34.1 Å². The number of carbonyl (C=O) groups is 1. The standard InChI is InChI=1S/C21H24FN7OS/c1-12-25-28-20(31-12)13-2-5-18-14(8-13)9-19(27-26-18)24-21(30)29-16-3-4-17(29)11-15(10-16)23-7-6-22/h2,5,8-9,15-17,23H,3-4,6-7,10-11H2,1H3,(H,24,27,30)/t15?,16-,17?/m1/s1. The Balaban J connectivity index is 1.31. The zero-order valence-electron chi connectivity index (χ0n) is 17.2. The van der Waals surface area contributed by atoms with Gasteiger partial charge in [-0.3, -0.25) is 5.32 Å². The van der Waals surface area contributed by atoms with E-state index < -0.39 is 0 Å². The summed E-state index contributed by atoms with van der Waals surface area (Å²) in [6.07, 6.45) is 3.69. The van der Waals surface area contributed by atoms with Crippen LogP contribution in [0.5, 0.6) is 0 Å². The van der Waals surface area contributed by atoms with E-state index in [1.165, 1.54) is 11.3 Å². The minimum atomic E-state index is -0.364. The molecule has 162 valence electrons. The largest absolute Gasteiger partial charge is 0.323 e. The topological polar surface area (TPSA) is 95.9 Å². The van der Waals surface area contributed by atoms with E-state index >= 15 is 0 Å². The molecule has 0 saturated carbocycles. The highest BCUT2D eigenvalue weighted by molar-refractivity contribution is 7.14. The average Bonchev–Trinajstić information content (AvgIpc) is 3.32. The van der Waals surface area contributed by atoms with Gasteiger partial charge in [-0.25, -0.2) is 9.18 Å². The number of nitrogens with one attached hydrogen (secondary N) is 2. The van der Waals surface area contributed by atoms with Crippen LogP contribution in [0.3, 0.4) is 0 Å². The highest BCUT2D eigenvalue weighted by atomic mass is 32.1. The number of anilines is 1. The van der Waals surface area contributed by atoms with Crippen molar-refractivity contribution in [3.63, 3.8) is 0 Å². The number of amides is 2. The van der Waals surface area contributed by atoms with Gasteiger partial charge in [-0.15, -0.1) is 20.4 Å². The highest BCUT2D eigenvalue weighted by Crippen LogP contribution is 2.36. The van der Waals surface area contributed by atoms with Gasteiger partial charge in [0.05, 0.1) is 5.52 Å². The van der Waals surface area contributed by atoms with Crippen LogP contribution in [-0.4, -0.2) is 62.7 Å². The van der Waals surface area contributed by atoms with Crippen LogP contribution in [-0.2, 0) is 0 Å². The lowest BCUT2D eigenvalue weighted by molar-refractivity contribution is 0.141. The summed E-state index contributed by atoms with van der Waals surface area (Å²) in [6.45, 7) is 1.94. The molecule has 10 heteroatoms. The summed E-state index contributed by atoms with van der Waals surface area (Å²) in [5.41, 5.74) is 1.71. The molecule has 2 fully saturated rings. The summed E-state index contributed by atoms with van der Waals surface area (Å²) < 4.78 is 12.5. The Morgan fingerprint density at radius 1 is 1.16 bits per heavy atom. The molecule has 2 aliphatic heterocycles. The number of rotatable bonds is 5. The minimum absolute atomic E-state index is 0.138. The van der Waals surface area contributed by atoms with Crippen molar-refractivity contribution in [2.45, 2.75) is 50.7 Å². The smallest absolute Gasteiger partial charge is 0.318 e. The predicted molar refractivity (Wildman–Crippen MR) is 118 cm³/mol. The summed E-state index contributed by atoms with van der Waals surface area (Å²) >= 11 is 1.53. The van der Waals surface area contributed by atoms with Crippen LogP contribution >= 0.6 is 11.3 Å². The van der Waals surface area contributed by atoms with Gasteiger partial charge in [0.15, 0.2) is 5.82 Å². The molecule has 3 aromatic rings. The monoisotopic (exact) mass is 441 g/mol. The van der Waals surface area contributed by atoms with Crippen molar-refractivity contribution in [3.05, 3.63) is 29.3 Å². The number of piperidine rings is 1. The molecule has 5 rings (SSSR count). The van der Waals surface area contributed by atoms with Gasteiger partial charge in [0, 0.05) is 35.6 Å². The van der Waals surface area contributed by atoms with Crippen LogP contribution < -0.4 is 10.6 Å². The van der Waals surface area contributed by atoms with Crippen molar-refractivity contribution in [1.82, 2.24) is 30.6 Å². The molecule has 3 atom stereocenters. The lowest BCUT2D eigenvalue weighted by Crippen LogP contribution is -2.53. The summed E-state index contributed by atoms with van der Waals surface area (Å²) in [7, 11) is 0. The average molecular weight is 442 g/mol. The number of hydrogen-bond acceptors (Lipinski definition) is 7. The number of carbonyl (C=O) groups excluding carboxylic acids is 1. The van der Waals surface area contributed by atoms with E-state index in [9.17, 15) is 9.18 Å². The van der Waals surface area contributed by atoms with E-state index in [0.29, 0.717) is 12.4 Å². The number of aromatic nitrogens is 4. The first-order chi connectivity index (χ1) is 15.1. The second kappa shape index (κ2) is 8.43. The van der Waals surface area contributed by atoms with Gasteiger partial charge in [0.25, 0.3) is 0 Å². The van der Waals surface area contributed by atoms with Crippen molar-refractivity contribution in [3.8, 4) is 10.6 Å². The Labute approximate surface area is 183 Å². The number of benzene rings is 1. The lowest BCUT2D eigenvalue weighted by Gasteiger charge is -2.39. The normalized spacial score (nSPS) is 22.8. The zero-order valence-corrected chi connectivity index (χ0v) is 18.0. The van der Waals surface area contributed by atoms with Gasteiger partial charge in [0.2, 0.25) is 0 Å². The fraction of sp³-hybridized carbons (Fsp3) is 0.476. The van der Waals surface area contributed by atoms with Gasteiger partial charge in [0.1, 0.15) is 16.7 Å². The molecule has 8 nitrogen and oxygen atoms in total. The molecule has 2 unspecified atom stereocenters. The third kappa shape index (κ3) is 4.09. The zero-order chi connectivity index (χ0) is 21.4. The Morgan fingerprint density at radius 2 is 1.97 bits per heavy atom. The Kier molecular flexibility index (Phi) is 5.49. The molecule has 1 aromatic carbocycles. The maximum Gasteiger partial charge on any atom is 0.323 e. The van der Waals surface area contributed by atoms with Gasteiger partial charge in [-0.1, -0.05) is 11.3 Å². The fourth-order valence-corrected chi connectivity index (χ4v) is 5.45. The van der Waals surface area contributed by atoms with Crippen LogP contribution in [0, 0.1) is 6.92 Å². The molecule has 2 N–H and O–H groups in total. The fourth-order valence-electron chi connectivity index (χ4n) is 4.76. The molecular weight excluding hydrogens is 417 g/mol. The maximum absolute atomic E-state index is 13.0. The van der Waals surface area contributed by atoms with E-state index in [1.54, 1.807) is 0 Å². The molecule has 31 heavy (non-hydrogen) atoms. The van der Waals surface area contributed by atoms with E-state index in [4.69, 9.17) is 0 Å². The SMILES string of the molecule is Cc1nnc(-c2ccc3nnc(NC(=O)N4C5CC[C@@H]4CC(NCCF)C5)cc3c2)s1. The first kappa shape index (κ1) is 20.2. The van der Waals surface area contributed by atoms with Crippen LogP contribution in [0.15, 0.2) is 24.3 Å². The van der Waals surface area contributed by atoms with Crippen LogP contribution in [0.4, 0.5) is 15.0 Å². The quantitative estimate of drug-likeness (QED) is 0.629. The van der Waals surface area contributed by atoms with E-state index in [-0.39, 0.29) is 30.8 Å². The van der Waals surface area contributed by atoms with Crippen LogP contribution in [0.2, 0.25) is 0 Å². The van der Waals surface area contributed by atoms with Crippen LogP contribution in [0.25, 0.3) is 21.5 Å². The third-order valence-electron chi connectivity index (χ3n) is 6.09. The lowest BCUT2D eigenvalue weighted by atomic mass is 9.97. The highest BCUT2D eigenvalue weighted by Gasteiger charge is 2.43. The second-order valence-corrected chi connectivity index (χ2v) is 9.34. The molecule has 2 saturated heterocycles. The predicted octanol–water partition coefficient (Wildman–Crippen LogP) is 3.54. The van der Waals surface area contributed by atoms with Crippen molar-refractivity contribution in [1.29, 1.82) is 0 Å². The third-order valence-corrected chi connectivity index (χ3v) is 6.98. The van der Waals surface area contributed by atoms with Crippen LogP contribution in [0.1, 0.15) is 30.7 Å². The summed E-state index contributed by atoms with van der Waals surface area (Å²) in [4.78, 5) is 15.0. The maximum atomic E-state index is 13.0. The summed E-state index contributed by atoms with van der Waals surface area (Å²) in [5.74, 6) is 0.431. The number of aryl methyl sites for hydroxylation is 1. The number of hydrogen-bond donors (Lipinski definition) is 2. The van der Waals surface area contributed by atoms with Crippen molar-refractivity contribution < 1.29 is 9.18 Å². The van der Waals surface area contributed by atoms with Crippen molar-refractivity contribution in [2.75, 3.05) is 18.5 Å². The molecule has 4 heterocycles. The Hall–Kier alpha value is -2.72. The van der Waals surface area contributed by atoms with Gasteiger partial charge >= 0.3 is 6.03 Å². The number of nitrogens with zero attached hydrogens (tertiary/aromatic N) is 5.